The zero-order valence-electron chi connectivity index (χ0n) is 16.9. The van der Waals surface area contributed by atoms with E-state index in [0.29, 0.717) is 16.8 Å². The van der Waals surface area contributed by atoms with Gasteiger partial charge in [0.2, 0.25) is 10.0 Å². The quantitative estimate of drug-likeness (QED) is 0.732. The van der Waals surface area contributed by atoms with Gasteiger partial charge in [-0.05, 0) is 73.8 Å². The predicted octanol–water partition coefficient (Wildman–Crippen LogP) is 3.67. The molecule has 8 heteroatoms. The number of likely N-dealkylation sites (N-methyl/N-ethyl adjacent to an activating group) is 1. The number of benzene rings is 1. The lowest BCUT2D eigenvalue weighted by atomic mass is 10.1. The molecule has 1 atom stereocenters. The number of carbonyl (C=O) groups is 1. The van der Waals surface area contributed by atoms with Gasteiger partial charge in [0.1, 0.15) is 0 Å². The molecule has 0 radical (unpaired) electrons. The van der Waals surface area contributed by atoms with E-state index >= 15 is 0 Å². The molecule has 1 aliphatic rings. The van der Waals surface area contributed by atoms with E-state index < -0.39 is 10.0 Å². The van der Waals surface area contributed by atoms with Crippen molar-refractivity contribution in [2.45, 2.75) is 31.7 Å². The molecule has 154 valence electrons. The molecule has 0 saturated heterocycles. The maximum Gasteiger partial charge on any atom is 0.256 e. The van der Waals surface area contributed by atoms with Crippen LogP contribution in [0.1, 0.15) is 27.7 Å². The van der Waals surface area contributed by atoms with E-state index in [1.165, 1.54) is 17.4 Å². The summed E-state index contributed by atoms with van der Waals surface area (Å²) < 4.78 is 28.3. The Bertz CT molecular complexity index is 1080. The summed E-state index contributed by atoms with van der Waals surface area (Å²) in [6.45, 7) is 6.24. The molecule has 2 aromatic rings. The number of sulfonamides is 1. The largest absolute Gasteiger partial charge is 0.377 e. The molecular formula is C21H25N3O3S2. The van der Waals surface area contributed by atoms with Gasteiger partial charge in [0.25, 0.3) is 5.91 Å². The van der Waals surface area contributed by atoms with Gasteiger partial charge in [0.05, 0.1) is 10.5 Å². The van der Waals surface area contributed by atoms with Crippen LogP contribution in [0.5, 0.6) is 0 Å². The maximum atomic E-state index is 12.8. The third-order valence-corrected chi connectivity index (χ3v) is 7.21. The van der Waals surface area contributed by atoms with Crippen molar-refractivity contribution >= 4 is 33.0 Å². The van der Waals surface area contributed by atoms with Crippen molar-refractivity contribution in [1.82, 2.24) is 9.62 Å². The molecule has 29 heavy (non-hydrogen) atoms. The summed E-state index contributed by atoms with van der Waals surface area (Å²) in [7, 11) is -1.73. The van der Waals surface area contributed by atoms with Crippen LogP contribution in [-0.2, 0) is 10.0 Å². The van der Waals surface area contributed by atoms with Gasteiger partial charge in [0, 0.05) is 30.2 Å². The first-order chi connectivity index (χ1) is 13.7. The molecule has 6 nitrogen and oxygen atoms in total. The van der Waals surface area contributed by atoms with Gasteiger partial charge >= 0.3 is 0 Å². The second-order valence-corrected chi connectivity index (χ2v) is 9.96. The van der Waals surface area contributed by atoms with Crippen LogP contribution in [0.15, 0.2) is 58.5 Å². The third-order valence-electron chi connectivity index (χ3n) is 4.83. The highest BCUT2D eigenvalue weighted by Gasteiger charge is 2.21. The van der Waals surface area contributed by atoms with Crippen molar-refractivity contribution in [3.63, 3.8) is 0 Å². The van der Waals surface area contributed by atoms with E-state index in [9.17, 15) is 13.2 Å². The molecule has 1 aromatic carbocycles. The summed E-state index contributed by atoms with van der Waals surface area (Å²) in [6, 6.07) is 6.15. The Morgan fingerprint density at radius 3 is 2.59 bits per heavy atom. The number of rotatable bonds is 6. The first kappa shape index (κ1) is 21.3. The van der Waals surface area contributed by atoms with E-state index in [2.05, 4.69) is 10.0 Å². The summed E-state index contributed by atoms with van der Waals surface area (Å²) in [5.74, 6) is -0.199. The minimum atomic E-state index is -3.69. The number of anilines is 1. The maximum absolute atomic E-state index is 12.8. The number of amides is 1. The summed E-state index contributed by atoms with van der Waals surface area (Å²) in [5.41, 5.74) is 2.83. The lowest BCUT2D eigenvalue weighted by molar-refractivity contribution is 0.102. The predicted molar refractivity (Wildman–Crippen MR) is 118 cm³/mol. The highest BCUT2D eigenvalue weighted by atomic mass is 32.2. The van der Waals surface area contributed by atoms with Crippen molar-refractivity contribution < 1.29 is 13.2 Å². The second kappa shape index (κ2) is 8.52. The van der Waals surface area contributed by atoms with Gasteiger partial charge in [-0.25, -0.2) is 13.1 Å². The molecule has 0 bridgehead atoms. The number of carbonyl (C=O) groups excluding carboxylic acids is 1. The van der Waals surface area contributed by atoms with Crippen LogP contribution in [0.3, 0.4) is 0 Å². The fraction of sp³-hybridized carbons (Fsp3) is 0.286. The Morgan fingerprint density at radius 2 is 2.00 bits per heavy atom. The van der Waals surface area contributed by atoms with E-state index in [1.807, 2.05) is 49.5 Å². The van der Waals surface area contributed by atoms with Gasteiger partial charge < -0.3 is 10.2 Å². The Morgan fingerprint density at radius 1 is 1.24 bits per heavy atom. The fourth-order valence-corrected chi connectivity index (χ4v) is 5.05. The molecule has 0 unspecified atom stereocenters. The Labute approximate surface area is 176 Å². The van der Waals surface area contributed by atoms with Gasteiger partial charge in [0.15, 0.2) is 0 Å². The standard InChI is InChI=1S/C21H25N3O3S2/c1-14-13-18(5-6-20(14)22-21(25)19-9-12-28-16(19)3)29(26,27)23-15(2)17-7-10-24(4)11-8-17/h5-10,12-13,15,23H,11H2,1-4H3,(H,22,25)/t15-/m1/s1. The second-order valence-electron chi connectivity index (χ2n) is 7.12. The molecule has 0 saturated carbocycles. The van der Waals surface area contributed by atoms with E-state index in [-0.39, 0.29) is 16.8 Å². The molecule has 0 spiro atoms. The molecule has 2 N–H and O–H groups in total. The molecule has 0 fully saturated rings. The number of nitrogens with zero attached hydrogens (tertiary/aromatic N) is 1. The van der Waals surface area contributed by atoms with Crippen LogP contribution in [0.4, 0.5) is 5.69 Å². The van der Waals surface area contributed by atoms with Crippen LogP contribution in [0, 0.1) is 13.8 Å². The highest BCUT2D eigenvalue weighted by Crippen LogP contribution is 2.23. The van der Waals surface area contributed by atoms with Crippen molar-refractivity contribution in [2.75, 3.05) is 18.9 Å². The van der Waals surface area contributed by atoms with Crippen molar-refractivity contribution in [1.29, 1.82) is 0 Å². The molecule has 0 aliphatic carbocycles. The van der Waals surface area contributed by atoms with E-state index in [4.69, 9.17) is 0 Å². The number of aryl methyl sites for hydroxylation is 2. The SMILES string of the molecule is Cc1cc(S(=O)(=O)N[C@H](C)C2=CCN(C)C=C2)ccc1NC(=O)c1ccsc1C. The topological polar surface area (TPSA) is 78.5 Å². The zero-order chi connectivity index (χ0) is 21.2. The Kier molecular flexibility index (Phi) is 6.26. The highest BCUT2D eigenvalue weighted by molar-refractivity contribution is 7.89. The first-order valence-electron chi connectivity index (χ1n) is 9.24. The van der Waals surface area contributed by atoms with Gasteiger partial charge in [-0.1, -0.05) is 6.08 Å². The molecule has 3 rings (SSSR count). The average Bonchev–Trinajstić information content (AvgIpc) is 3.09. The van der Waals surface area contributed by atoms with Crippen LogP contribution in [0.2, 0.25) is 0 Å². The average molecular weight is 432 g/mol. The molecule has 1 aliphatic heterocycles. The van der Waals surface area contributed by atoms with Gasteiger partial charge in [-0.3, -0.25) is 4.79 Å². The smallest absolute Gasteiger partial charge is 0.256 e. The Balaban J connectivity index is 1.74. The van der Waals surface area contributed by atoms with Gasteiger partial charge in [-0.15, -0.1) is 11.3 Å². The first-order valence-corrected chi connectivity index (χ1v) is 11.6. The Hall–Kier alpha value is -2.42. The molecule has 2 heterocycles. The monoisotopic (exact) mass is 431 g/mol. The van der Waals surface area contributed by atoms with Gasteiger partial charge in [-0.2, -0.15) is 0 Å². The summed E-state index contributed by atoms with van der Waals surface area (Å²) in [6.07, 6.45) is 5.84. The lowest BCUT2D eigenvalue weighted by Gasteiger charge is -2.22. The lowest BCUT2D eigenvalue weighted by Crippen LogP contribution is -2.34. The van der Waals surface area contributed by atoms with Crippen molar-refractivity contribution in [3.8, 4) is 0 Å². The van der Waals surface area contributed by atoms with Crippen LogP contribution in [0.25, 0.3) is 0 Å². The fourth-order valence-electron chi connectivity index (χ4n) is 3.04. The molecular weight excluding hydrogens is 406 g/mol. The minimum Gasteiger partial charge on any atom is -0.377 e. The van der Waals surface area contributed by atoms with Crippen LogP contribution in [-0.4, -0.2) is 38.9 Å². The molecule has 1 aromatic heterocycles. The van der Waals surface area contributed by atoms with Crippen LogP contribution >= 0.6 is 11.3 Å². The minimum absolute atomic E-state index is 0.170. The van der Waals surface area contributed by atoms with E-state index in [0.717, 1.165) is 17.0 Å². The normalized spacial score (nSPS) is 15.2. The van der Waals surface area contributed by atoms with Crippen LogP contribution < -0.4 is 10.0 Å². The number of hydrogen-bond donors (Lipinski definition) is 2. The van der Waals surface area contributed by atoms with Crippen molar-refractivity contribution in [2.24, 2.45) is 0 Å². The summed E-state index contributed by atoms with van der Waals surface area (Å²) in [5, 5.41) is 4.73. The van der Waals surface area contributed by atoms with E-state index in [1.54, 1.807) is 25.1 Å². The third kappa shape index (κ3) is 4.95. The number of hydrogen-bond acceptors (Lipinski definition) is 5. The van der Waals surface area contributed by atoms with Crippen molar-refractivity contribution in [3.05, 3.63) is 69.6 Å². The zero-order valence-corrected chi connectivity index (χ0v) is 18.5. The molecule has 1 amide bonds. The number of nitrogens with one attached hydrogen (secondary N) is 2. The number of thiophene rings is 1. The summed E-state index contributed by atoms with van der Waals surface area (Å²) in [4.78, 5) is 15.5. The summed E-state index contributed by atoms with van der Waals surface area (Å²) >= 11 is 1.51.